The van der Waals surface area contributed by atoms with E-state index in [0.29, 0.717) is 12.1 Å². The highest BCUT2D eigenvalue weighted by Crippen LogP contribution is 2.15. The van der Waals surface area contributed by atoms with Gasteiger partial charge in [0.15, 0.2) is 0 Å². The maximum absolute atomic E-state index is 12.8. The van der Waals surface area contributed by atoms with Crippen molar-refractivity contribution < 1.29 is 14.0 Å². The summed E-state index contributed by atoms with van der Waals surface area (Å²) in [5.74, 6) is -0.712. The Balaban J connectivity index is 3.10. The molecule has 0 bridgehead atoms. The Kier molecular flexibility index (Phi) is 2.97. The predicted molar refractivity (Wildman–Crippen MR) is 46.3 cm³/mol. The third-order valence-corrected chi connectivity index (χ3v) is 1.61. The second-order valence-corrected chi connectivity index (χ2v) is 2.57. The Labute approximate surface area is 78.5 Å². The maximum atomic E-state index is 12.8. The van der Waals surface area contributed by atoms with E-state index in [0.717, 1.165) is 6.07 Å². The van der Waals surface area contributed by atoms with Crippen molar-refractivity contribution in [2.75, 3.05) is 5.32 Å². The van der Waals surface area contributed by atoms with Crippen LogP contribution in [0.25, 0.3) is 0 Å². The molecule has 1 aromatic rings. The number of rotatable bonds is 3. The van der Waals surface area contributed by atoms with E-state index in [9.17, 15) is 14.0 Å². The van der Waals surface area contributed by atoms with Crippen molar-refractivity contribution in [2.45, 2.75) is 0 Å². The molecule has 5 heteroatoms. The molecule has 0 fully saturated rings. The van der Waals surface area contributed by atoms with E-state index in [4.69, 9.17) is 11.6 Å². The topological polar surface area (TPSA) is 46.2 Å². The highest BCUT2D eigenvalue weighted by atomic mass is 35.5. The first kappa shape index (κ1) is 9.67. The molecule has 1 N–H and O–H groups in total. The van der Waals surface area contributed by atoms with Crippen LogP contribution in [-0.2, 0) is 4.79 Å². The molecule has 68 valence electrons. The van der Waals surface area contributed by atoms with Crippen LogP contribution in [0.1, 0.15) is 10.4 Å². The highest BCUT2D eigenvalue weighted by Gasteiger charge is 2.09. The molecule has 0 radical (unpaired) electrons. The molecule has 0 unspecified atom stereocenters. The number of hydrogen-bond donors (Lipinski definition) is 1. The van der Waals surface area contributed by atoms with E-state index in [2.05, 4.69) is 5.32 Å². The van der Waals surface area contributed by atoms with Crippen LogP contribution in [0.5, 0.6) is 0 Å². The van der Waals surface area contributed by atoms with Gasteiger partial charge in [-0.25, -0.2) is 4.39 Å². The van der Waals surface area contributed by atoms with Gasteiger partial charge in [0.2, 0.25) is 6.41 Å². The van der Waals surface area contributed by atoms with E-state index >= 15 is 0 Å². The summed E-state index contributed by atoms with van der Waals surface area (Å²) in [5.41, 5.74) is 0.0638. The number of carbonyl (C=O) groups excluding carboxylic acids is 2. The zero-order valence-electron chi connectivity index (χ0n) is 6.38. The van der Waals surface area contributed by atoms with Crippen molar-refractivity contribution in [1.29, 1.82) is 0 Å². The molecule has 1 amide bonds. The number of carbonyl (C=O) groups is 2. The van der Waals surface area contributed by atoms with E-state index in [1.807, 2.05) is 0 Å². The third-order valence-electron chi connectivity index (χ3n) is 1.40. The fourth-order valence-electron chi connectivity index (χ4n) is 0.834. The van der Waals surface area contributed by atoms with E-state index < -0.39 is 11.1 Å². The van der Waals surface area contributed by atoms with Crippen LogP contribution in [-0.4, -0.2) is 11.7 Å². The number of amides is 1. The molecule has 0 aliphatic heterocycles. The van der Waals surface area contributed by atoms with Gasteiger partial charge in [0.1, 0.15) is 5.82 Å². The molecule has 3 nitrogen and oxygen atoms in total. The molecule has 0 atom stereocenters. The molecular weight excluding hydrogens is 197 g/mol. The summed E-state index contributed by atoms with van der Waals surface area (Å²) in [7, 11) is 0. The van der Waals surface area contributed by atoms with Crippen LogP contribution < -0.4 is 5.32 Å². The highest BCUT2D eigenvalue weighted by molar-refractivity contribution is 6.67. The second kappa shape index (κ2) is 4.00. The van der Waals surface area contributed by atoms with Crippen molar-refractivity contribution in [3.05, 3.63) is 29.6 Å². The molecule has 0 saturated carbocycles. The van der Waals surface area contributed by atoms with Crippen LogP contribution >= 0.6 is 11.6 Å². The van der Waals surface area contributed by atoms with Gasteiger partial charge in [-0.2, -0.15) is 0 Å². The molecule has 0 aliphatic carbocycles. The van der Waals surface area contributed by atoms with E-state index in [-0.39, 0.29) is 5.56 Å². The summed E-state index contributed by atoms with van der Waals surface area (Å²) in [5, 5.41) is 1.38. The second-order valence-electron chi connectivity index (χ2n) is 2.23. The Bertz CT molecular complexity index is 354. The minimum Gasteiger partial charge on any atom is -0.329 e. The molecule has 13 heavy (non-hydrogen) atoms. The van der Waals surface area contributed by atoms with Gasteiger partial charge in [-0.1, -0.05) is 0 Å². The Morgan fingerprint density at radius 2 is 2.23 bits per heavy atom. The number of anilines is 1. The monoisotopic (exact) mass is 201 g/mol. The zero-order chi connectivity index (χ0) is 9.84. The van der Waals surface area contributed by atoms with Gasteiger partial charge in [-0.05, 0) is 29.8 Å². The minimum absolute atomic E-state index is 0.256. The van der Waals surface area contributed by atoms with Gasteiger partial charge >= 0.3 is 0 Å². The molecule has 1 rings (SSSR count). The lowest BCUT2D eigenvalue weighted by Crippen LogP contribution is -1.99. The Hall–Kier alpha value is -1.42. The average Bonchev–Trinajstić information content (AvgIpc) is 2.08. The summed E-state index contributed by atoms with van der Waals surface area (Å²) in [6.45, 7) is 0. The summed E-state index contributed by atoms with van der Waals surface area (Å²) in [6, 6.07) is 3.55. The Morgan fingerprint density at radius 3 is 2.77 bits per heavy atom. The first-order chi connectivity index (χ1) is 6.15. The largest absolute Gasteiger partial charge is 0.329 e. The quantitative estimate of drug-likeness (QED) is 0.599. The van der Waals surface area contributed by atoms with E-state index in [1.54, 1.807) is 0 Å². The van der Waals surface area contributed by atoms with Crippen molar-refractivity contribution in [3.63, 3.8) is 0 Å². The lowest BCUT2D eigenvalue weighted by molar-refractivity contribution is -0.105. The van der Waals surface area contributed by atoms with Crippen LogP contribution in [0.15, 0.2) is 18.2 Å². The number of halogens is 2. The molecule has 0 aromatic heterocycles. The standard InChI is InChI=1S/C8H5ClFNO2/c9-8(13)6-3-5(11-4-12)1-2-7(6)10/h1-4H,(H,11,12). The predicted octanol–water partition coefficient (Wildman–Crippen LogP) is 1.77. The summed E-state index contributed by atoms with van der Waals surface area (Å²) in [6.07, 6.45) is 0.426. The molecule has 0 spiro atoms. The van der Waals surface area contributed by atoms with Gasteiger partial charge in [-0.15, -0.1) is 0 Å². The van der Waals surface area contributed by atoms with Crippen LogP contribution in [0.3, 0.4) is 0 Å². The normalized spacial score (nSPS) is 9.38. The van der Waals surface area contributed by atoms with Crippen molar-refractivity contribution in [3.8, 4) is 0 Å². The van der Waals surface area contributed by atoms with Gasteiger partial charge in [0, 0.05) is 5.69 Å². The van der Waals surface area contributed by atoms with Gasteiger partial charge in [0.05, 0.1) is 5.56 Å². The van der Waals surface area contributed by atoms with Crippen molar-refractivity contribution in [1.82, 2.24) is 0 Å². The maximum Gasteiger partial charge on any atom is 0.255 e. The molecule has 0 heterocycles. The summed E-state index contributed by atoms with van der Waals surface area (Å²) in [4.78, 5) is 20.6. The summed E-state index contributed by atoms with van der Waals surface area (Å²) < 4.78 is 12.8. The van der Waals surface area contributed by atoms with Crippen molar-refractivity contribution in [2.24, 2.45) is 0 Å². The zero-order valence-corrected chi connectivity index (χ0v) is 7.14. The molecule has 0 aliphatic rings. The van der Waals surface area contributed by atoms with Crippen LogP contribution in [0.4, 0.5) is 10.1 Å². The number of hydrogen-bond acceptors (Lipinski definition) is 2. The fraction of sp³-hybridized carbons (Fsp3) is 0. The van der Waals surface area contributed by atoms with E-state index in [1.165, 1.54) is 12.1 Å². The third kappa shape index (κ3) is 2.26. The van der Waals surface area contributed by atoms with Crippen LogP contribution in [0.2, 0.25) is 0 Å². The lowest BCUT2D eigenvalue weighted by Gasteiger charge is -2.00. The molecule has 0 saturated heterocycles. The minimum atomic E-state index is -0.896. The SMILES string of the molecule is O=CNc1ccc(F)c(C(=O)Cl)c1. The summed E-state index contributed by atoms with van der Waals surface area (Å²) >= 11 is 5.09. The fourth-order valence-corrected chi connectivity index (χ4v) is 0.979. The van der Waals surface area contributed by atoms with Gasteiger partial charge in [0.25, 0.3) is 5.24 Å². The molecular formula is C8H5ClFNO2. The van der Waals surface area contributed by atoms with Gasteiger partial charge in [-0.3, -0.25) is 9.59 Å². The number of benzene rings is 1. The van der Waals surface area contributed by atoms with Crippen LogP contribution in [0, 0.1) is 5.82 Å². The van der Waals surface area contributed by atoms with Crippen molar-refractivity contribution >= 4 is 28.9 Å². The average molecular weight is 202 g/mol. The lowest BCUT2D eigenvalue weighted by atomic mass is 10.2. The Morgan fingerprint density at radius 1 is 1.54 bits per heavy atom. The first-order valence-electron chi connectivity index (χ1n) is 3.34. The smallest absolute Gasteiger partial charge is 0.255 e. The first-order valence-corrected chi connectivity index (χ1v) is 3.72. The number of nitrogens with one attached hydrogen (secondary N) is 1. The van der Waals surface area contributed by atoms with Gasteiger partial charge < -0.3 is 5.32 Å². The molecule has 1 aromatic carbocycles.